The summed E-state index contributed by atoms with van der Waals surface area (Å²) in [4.78, 5) is 28.9. The first kappa shape index (κ1) is 16.7. The third-order valence-corrected chi connectivity index (χ3v) is 6.05. The van der Waals surface area contributed by atoms with Gasteiger partial charge in [0.1, 0.15) is 0 Å². The molecule has 2 amide bonds. The largest absolute Gasteiger partial charge is 0.339 e. The Hall–Kier alpha value is -1.10. The van der Waals surface area contributed by atoms with Crippen molar-refractivity contribution in [1.82, 2.24) is 9.80 Å². The van der Waals surface area contributed by atoms with E-state index in [1.165, 1.54) is 19.3 Å². The van der Waals surface area contributed by atoms with Crippen molar-refractivity contribution in [3.63, 3.8) is 0 Å². The van der Waals surface area contributed by atoms with Gasteiger partial charge in [-0.15, -0.1) is 0 Å². The van der Waals surface area contributed by atoms with Gasteiger partial charge in [-0.3, -0.25) is 9.59 Å². The molecule has 1 saturated heterocycles. The summed E-state index contributed by atoms with van der Waals surface area (Å²) in [5.41, 5.74) is 6.08. The maximum Gasteiger partial charge on any atom is 0.225 e. The van der Waals surface area contributed by atoms with Crippen molar-refractivity contribution in [3.05, 3.63) is 0 Å². The molecule has 3 rings (SSSR count). The number of carbonyl (C=O) groups excluding carboxylic acids is 2. The van der Waals surface area contributed by atoms with Crippen molar-refractivity contribution < 1.29 is 9.59 Å². The zero-order valence-electron chi connectivity index (χ0n) is 14.2. The van der Waals surface area contributed by atoms with E-state index in [9.17, 15) is 9.59 Å². The fourth-order valence-electron chi connectivity index (χ4n) is 4.46. The predicted molar refractivity (Wildman–Crippen MR) is 89.7 cm³/mol. The Morgan fingerprint density at radius 2 is 1.48 bits per heavy atom. The number of amides is 2. The molecule has 1 heterocycles. The van der Waals surface area contributed by atoms with Crippen LogP contribution in [0.4, 0.5) is 0 Å². The van der Waals surface area contributed by atoms with Gasteiger partial charge in [-0.05, 0) is 31.6 Å². The lowest BCUT2D eigenvalue weighted by atomic mass is 9.88. The lowest BCUT2D eigenvalue weighted by molar-refractivity contribution is -0.143. The Bertz CT molecular complexity index is 426. The highest BCUT2D eigenvalue weighted by Gasteiger charge is 2.32. The molecule has 0 unspecified atom stereocenters. The molecule has 130 valence electrons. The summed E-state index contributed by atoms with van der Waals surface area (Å²) in [6, 6.07) is 0.202. The van der Waals surface area contributed by atoms with Crippen LogP contribution >= 0.6 is 0 Å². The standard InChI is InChI=1S/C18H31N3O2/c19-16-8-4-7-15(16)13-17(22)20-9-11-21(12-10-20)18(23)14-5-2-1-3-6-14/h14-16H,1-13,19H2/t15-,16+/m0/s1. The van der Waals surface area contributed by atoms with Gasteiger partial charge in [0.25, 0.3) is 0 Å². The first-order valence-electron chi connectivity index (χ1n) is 9.47. The molecule has 1 aliphatic heterocycles. The maximum atomic E-state index is 12.6. The first-order chi connectivity index (χ1) is 11.1. The Kier molecular flexibility index (Phi) is 5.57. The van der Waals surface area contributed by atoms with Crippen LogP contribution < -0.4 is 5.73 Å². The minimum atomic E-state index is 0.202. The normalized spacial score (nSPS) is 29.8. The van der Waals surface area contributed by atoms with Gasteiger partial charge in [0.2, 0.25) is 11.8 Å². The summed E-state index contributed by atoms with van der Waals surface area (Å²) in [5, 5.41) is 0. The smallest absolute Gasteiger partial charge is 0.225 e. The van der Waals surface area contributed by atoms with E-state index in [-0.39, 0.29) is 17.9 Å². The predicted octanol–water partition coefficient (Wildman–Crippen LogP) is 1.75. The van der Waals surface area contributed by atoms with E-state index in [1.807, 2.05) is 9.80 Å². The van der Waals surface area contributed by atoms with Crippen LogP contribution in [0.25, 0.3) is 0 Å². The number of rotatable bonds is 3. The van der Waals surface area contributed by atoms with Crippen LogP contribution in [0.15, 0.2) is 0 Å². The van der Waals surface area contributed by atoms with Crippen LogP contribution in [-0.2, 0) is 9.59 Å². The first-order valence-corrected chi connectivity index (χ1v) is 9.47. The molecule has 2 aliphatic carbocycles. The number of nitrogens with two attached hydrogens (primary N) is 1. The van der Waals surface area contributed by atoms with Gasteiger partial charge >= 0.3 is 0 Å². The minimum Gasteiger partial charge on any atom is -0.339 e. The van der Waals surface area contributed by atoms with E-state index in [4.69, 9.17) is 5.73 Å². The van der Waals surface area contributed by atoms with E-state index >= 15 is 0 Å². The van der Waals surface area contributed by atoms with Crippen LogP contribution in [-0.4, -0.2) is 53.8 Å². The number of carbonyl (C=O) groups is 2. The Morgan fingerprint density at radius 3 is 2.09 bits per heavy atom. The zero-order chi connectivity index (χ0) is 16.2. The molecule has 2 N–H and O–H groups in total. The van der Waals surface area contributed by atoms with Crippen molar-refractivity contribution in [2.75, 3.05) is 26.2 Å². The number of hydrogen-bond donors (Lipinski definition) is 1. The van der Waals surface area contributed by atoms with Crippen molar-refractivity contribution >= 4 is 11.8 Å². The highest BCUT2D eigenvalue weighted by molar-refractivity contribution is 5.80. The van der Waals surface area contributed by atoms with Gasteiger partial charge in [-0.25, -0.2) is 0 Å². The highest BCUT2D eigenvalue weighted by atomic mass is 16.2. The Labute approximate surface area is 139 Å². The van der Waals surface area contributed by atoms with Crippen LogP contribution in [0.3, 0.4) is 0 Å². The summed E-state index contributed by atoms with van der Waals surface area (Å²) in [7, 11) is 0. The van der Waals surface area contributed by atoms with E-state index in [2.05, 4.69) is 0 Å². The SMILES string of the molecule is N[C@@H]1CCC[C@H]1CC(=O)N1CCN(C(=O)C2CCCCC2)CC1. The number of hydrogen-bond acceptors (Lipinski definition) is 3. The van der Waals surface area contributed by atoms with Gasteiger partial charge < -0.3 is 15.5 Å². The molecule has 2 atom stereocenters. The quantitative estimate of drug-likeness (QED) is 0.861. The van der Waals surface area contributed by atoms with E-state index < -0.39 is 0 Å². The van der Waals surface area contributed by atoms with Crippen LogP contribution in [0.5, 0.6) is 0 Å². The molecule has 5 heteroatoms. The molecule has 0 spiro atoms. The maximum absolute atomic E-state index is 12.6. The van der Waals surface area contributed by atoms with Gasteiger partial charge in [-0.1, -0.05) is 25.7 Å². The monoisotopic (exact) mass is 321 g/mol. The Morgan fingerprint density at radius 1 is 0.826 bits per heavy atom. The van der Waals surface area contributed by atoms with Gasteiger partial charge in [0.15, 0.2) is 0 Å². The Balaban J connectivity index is 1.44. The third-order valence-electron chi connectivity index (χ3n) is 6.05. The van der Waals surface area contributed by atoms with Crippen LogP contribution in [0.2, 0.25) is 0 Å². The second-order valence-corrected chi connectivity index (χ2v) is 7.60. The second kappa shape index (κ2) is 7.65. The van der Waals surface area contributed by atoms with E-state index in [0.717, 1.165) is 32.1 Å². The summed E-state index contributed by atoms with van der Waals surface area (Å²) < 4.78 is 0. The lowest BCUT2D eigenvalue weighted by Gasteiger charge is -2.37. The van der Waals surface area contributed by atoms with Crippen LogP contribution in [0.1, 0.15) is 57.8 Å². The third kappa shape index (κ3) is 4.06. The highest BCUT2D eigenvalue weighted by Crippen LogP contribution is 2.28. The fraction of sp³-hybridized carbons (Fsp3) is 0.889. The minimum absolute atomic E-state index is 0.202. The molecule has 3 aliphatic rings. The van der Waals surface area contributed by atoms with E-state index in [0.29, 0.717) is 44.4 Å². The molecule has 0 aromatic heterocycles. The van der Waals surface area contributed by atoms with Gasteiger partial charge in [-0.2, -0.15) is 0 Å². The molecule has 5 nitrogen and oxygen atoms in total. The summed E-state index contributed by atoms with van der Waals surface area (Å²) in [5.74, 6) is 1.17. The molecule has 3 fully saturated rings. The molecule has 0 aromatic carbocycles. The van der Waals surface area contributed by atoms with Crippen LogP contribution in [0, 0.1) is 11.8 Å². The molecule has 23 heavy (non-hydrogen) atoms. The second-order valence-electron chi connectivity index (χ2n) is 7.60. The zero-order valence-corrected chi connectivity index (χ0v) is 14.2. The van der Waals surface area contributed by atoms with Crippen molar-refractivity contribution in [1.29, 1.82) is 0 Å². The summed E-state index contributed by atoms with van der Waals surface area (Å²) in [6.07, 6.45) is 9.66. The molecular weight excluding hydrogens is 290 g/mol. The molecule has 0 bridgehead atoms. The van der Waals surface area contributed by atoms with Gasteiger partial charge in [0.05, 0.1) is 0 Å². The molecule has 2 saturated carbocycles. The molecule has 0 radical (unpaired) electrons. The van der Waals surface area contributed by atoms with Crippen molar-refractivity contribution in [3.8, 4) is 0 Å². The molecule has 0 aromatic rings. The lowest BCUT2D eigenvalue weighted by Crippen LogP contribution is -2.52. The summed E-state index contributed by atoms with van der Waals surface area (Å²) in [6.45, 7) is 2.80. The summed E-state index contributed by atoms with van der Waals surface area (Å²) >= 11 is 0. The number of nitrogens with zero attached hydrogens (tertiary/aromatic N) is 2. The average molecular weight is 321 g/mol. The van der Waals surface area contributed by atoms with Crippen molar-refractivity contribution in [2.24, 2.45) is 17.6 Å². The fourth-order valence-corrected chi connectivity index (χ4v) is 4.46. The molecular formula is C18H31N3O2. The number of piperazine rings is 1. The van der Waals surface area contributed by atoms with Crippen molar-refractivity contribution in [2.45, 2.75) is 63.8 Å². The van der Waals surface area contributed by atoms with E-state index in [1.54, 1.807) is 0 Å². The topological polar surface area (TPSA) is 66.6 Å². The average Bonchev–Trinajstić information content (AvgIpc) is 3.00. The van der Waals surface area contributed by atoms with Gasteiger partial charge in [0, 0.05) is 44.6 Å².